The number of pyridine rings is 2. The van der Waals surface area contributed by atoms with Crippen LogP contribution in [0.1, 0.15) is 44.7 Å². The number of methoxy groups -OCH3 is 1. The molecule has 2 aromatic heterocycles. The minimum atomic E-state index is -0.523. The highest BCUT2D eigenvalue weighted by Gasteiger charge is 2.24. The van der Waals surface area contributed by atoms with Crippen molar-refractivity contribution in [1.29, 1.82) is 0 Å². The third kappa shape index (κ3) is 4.57. The van der Waals surface area contributed by atoms with Crippen molar-refractivity contribution in [1.82, 2.24) is 14.9 Å². The minimum Gasteiger partial charge on any atom is -0.465 e. The summed E-state index contributed by atoms with van der Waals surface area (Å²) in [6.45, 7) is 2.27. The van der Waals surface area contributed by atoms with E-state index in [1.54, 1.807) is 24.7 Å². The van der Waals surface area contributed by atoms with Crippen LogP contribution in [0.3, 0.4) is 0 Å². The van der Waals surface area contributed by atoms with E-state index in [2.05, 4.69) is 10.3 Å². The molecule has 1 aliphatic rings. The molecule has 35 heavy (non-hydrogen) atoms. The molecule has 0 bridgehead atoms. The van der Waals surface area contributed by atoms with Gasteiger partial charge in [-0.05, 0) is 78.4 Å². The van der Waals surface area contributed by atoms with Crippen LogP contribution in [0.4, 0.5) is 0 Å². The van der Waals surface area contributed by atoms with Crippen LogP contribution in [0.5, 0.6) is 0 Å². The van der Waals surface area contributed by atoms with E-state index in [1.165, 1.54) is 11.7 Å². The zero-order valence-corrected chi connectivity index (χ0v) is 19.6. The SMILES string of the molecule is COC(=O)c1cn(Cc2ccncc2)c(=O)c2ccc(-c3cc(C(=O)NC4CC4)ccc3C)cc12. The largest absolute Gasteiger partial charge is 0.465 e. The molecular formula is C28H25N3O4. The molecule has 0 aliphatic heterocycles. The Bertz CT molecular complexity index is 1500. The normalized spacial score (nSPS) is 13.0. The zero-order valence-electron chi connectivity index (χ0n) is 19.6. The van der Waals surface area contributed by atoms with E-state index in [1.807, 2.05) is 49.4 Å². The van der Waals surface area contributed by atoms with E-state index in [-0.39, 0.29) is 17.5 Å². The number of ether oxygens (including phenoxy) is 1. The van der Waals surface area contributed by atoms with Gasteiger partial charge in [0.2, 0.25) is 0 Å². The number of carbonyl (C=O) groups is 2. The van der Waals surface area contributed by atoms with Crippen LogP contribution in [0.15, 0.2) is 71.9 Å². The molecule has 1 fully saturated rings. The highest BCUT2D eigenvalue weighted by Crippen LogP contribution is 2.29. The van der Waals surface area contributed by atoms with Gasteiger partial charge in [-0.25, -0.2) is 4.79 Å². The standard InChI is InChI=1S/C28H25N3O4/c1-17-3-4-20(26(32)30-21-6-7-21)14-23(17)19-5-8-22-24(13-19)25(28(34)35-2)16-31(27(22)33)15-18-9-11-29-12-10-18/h3-5,8-14,16,21H,6-7,15H2,1-2H3,(H,30,32). The predicted molar refractivity (Wildman–Crippen MR) is 134 cm³/mol. The summed E-state index contributed by atoms with van der Waals surface area (Å²) >= 11 is 0. The second-order valence-corrected chi connectivity index (χ2v) is 8.86. The van der Waals surface area contributed by atoms with Crippen LogP contribution in [-0.2, 0) is 11.3 Å². The van der Waals surface area contributed by atoms with Crippen LogP contribution in [0, 0.1) is 6.92 Å². The van der Waals surface area contributed by atoms with Crippen LogP contribution >= 0.6 is 0 Å². The lowest BCUT2D eigenvalue weighted by atomic mass is 9.95. The first-order valence-electron chi connectivity index (χ1n) is 11.5. The van der Waals surface area contributed by atoms with Gasteiger partial charge in [0.25, 0.3) is 11.5 Å². The maximum absolute atomic E-state index is 13.3. The molecule has 0 spiro atoms. The molecule has 1 amide bonds. The molecule has 0 atom stereocenters. The number of aromatic nitrogens is 2. The summed E-state index contributed by atoms with van der Waals surface area (Å²) in [4.78, 5) is 42.6. The zero-order chi connectivity index (χ0) is 24.5. The van der Waals surface area contributed by atoms with Gasteiger partial charge in [0.05, 0.1) is 19.2 Å². The van der Waals surface area contributed by atoms with Crippen LogP contribution in [0.25, 0.3) is 21.9 Å². The van der Waals surface area contributed by atoms with Crippen molar-refractivity contribution in [2.24, 2.45) is 0 Å². The number of aryl methyl sites for hydroxylation is 1. The number of nitrogens with one attached hydrogen (secondary N) is 1. The average molecular weight is 468 g/mol. The molecule has 1 aliphatic carbocycles. The van der Waals surface area contributed by atoms with E-state index in [9.17, 15) is 14.4 Å². The molecule has 1 N–H and O–H groups in total. The summed E-state index contributed by atoms with van der Waals surface area (Å²) in [5.74, 6) is -0.617. The first kappa shape index (κ1) is 22.5. The number of hydrogen-bond donors (Lipinski definition) is 1. The number of rotatable bonds is 6. The molecule has 2 heterocycles. The molecule has 7 heteroatoms. The Labute approximate surface area is 202 Å². The van der Waals surface area contributed by atoms with Gasteiger partial charge in [-0.15, -0.1) is 0 Å². The van der Waals surface area contributed by atoms with Crippen LogP contribution < -0.4 is 10.9 Å². The number of nitrogens with zero attached hydrogens (tertiary/aromatic N) is 2. The molecular weight excluding hydrogens is 442 g/mol. The predicted octanol–water partition coefficient (Wildman–Crippen LogP) is 4.10. The highest BCUT2D eigenvalue weighted by atomic mass is 16.5. The first-order valence-corrected chi connectivity index (χ1v) is 11.5. The number of hydrogen-bond acceptors (Lipinski definition) is 5. The maximum Gasteiger partial charge on any atom is 0.339 e. The van der Waals surface area contributed by atoms with Crippen molar-refractivity contribution < 1.29 is 14.3 Å². The molecule has 4 aromatic rings. The van der Waals surface area contributed by atoms with Crippen molar-refractivity contribution in [3.63, 3.8) is 0 Å². The van der Waals surface area contributed by atoms with Gasteiger partial charge >= 0.3 is 5.97 Å². The molecule has 0 unspecified atom stereocenters. The number of esters is 1. The summed E-state index contributed by atoms with van der Waals surface area (Å²) in [5.41, 5.74) is 4.24. The number of benzene rings is 2. The smallest absolute Gasteiger partial charge is 0.339 e. The Kier molecular flexibility index (Phi) is 5.91. The number of amides is 1. The Morgan fingerprint density at radius 1 is 1.06 bits per heavy atom. The van der Waals surface area contributed by atoms with Crippen LogP contribution in [0.2, 0.25) is 0 Å². The van der Waals surface area contributed by atoms with Crippen molar-refractivity contribution in [3.8, 4) is 11.1 Å². The average Bonchev–Trinajstić information content (AvgIpc) is 3.70. The lowest BCUT2D eigenvalue weighted by Crippen LogP contribution is -2.25. The van der Waals surface area contributed by atoms with E-state index in [0.29, 0.717) is 28.4 Å². The van der Waals surface area contributed by atoms with E-state index in [4.69, 9.17) is 4.74 Å². The molecule has 2 aromatic carbocycles. The highest BCUT2D eigenvalue weighted by molar-refractivity contribution is 6.05. The Hall–Kier alpha value is -4.26. The summed E-state index contributed by atoms with van der Waals surface area (Å²) in [7, 11) is 1.32. The van der Waals surface area contributed by atoms with Gasteiger partial charge in [-0.1, -0.05) is 12.1 Å². The Balaban J connectivity index is 1.61. The molecule has 176 valence electrons. The summed E-state index contributed by atoms with van der Waals surface area (Å²) < 4.78 is 6.55. The van der Waals surface area contributed by atoms with E-state index in [0.717, 1.165) is 35.1 Å². The fraction of sp³-hybridized carbons (Fsp3) is 0.214. The Morgan fingerprint density at radius 3 is 2.54 bits per heavy atom. The monoisotopic (exact) mass is 467 g/mol. The molecule has 7 nitrogen and oxygen atoms in total. The fourth-order valence-corrected chi connectivity index (χ4v) is 4.21. The first-order chi connectivity index (χ1) is 16.9. The Morgan fingerprint density at radius 2 is 1.83 bits per heavy atom. The number of carbonyl (C=O) groups excluding carboxylic acids is 2. The van der Waals surface area contributed by atoms with Gasteiger partial charge in [0, 0.05) is 41.0 Å². The third-order valence-corrected chi connectivity index (χ3v) is 6.32. The van der Waals surface area contributed by atoms with Gasteiger partial charge in [-0.2, -0.15) is 0 Å². The summed E-state index contributed by atoms with van der Waals surface area (Å²) in [6.07, 6.45) is 6.91. The van der Waals surface area contributed by atoms with Crippen molar-refractivity contribution >= 4 is 22.6 Å². The van der Waals surface area contributed by atoms with Crippen molar-refractivity contribution in [2.75, 3.05) is 7.11 Å². The lowest BCUT2D eigenvalue weighted by Gasteiger charge is -2.14. The second kappa shape index (κ2) is 9.18. The van der Waals surface area contributed by atoms with Gasteiger partial charge in [0.15, 0.2) is 0 Å². The fourth-order valence-electron chi connectivity index (χ4n) is 4.21. The van der Waals surface area contributed by atoms with Crippen LogP contribution in [-0.4, -0.2) is 34.6 Å². The van der Waals surface area contributed by atoms with Crippen molar-refractivity contribution in [2.45, 2.75) is 32.4 Å². The third-order valence-electron chi connectivity index (χ3n) is 6.32. The number of fused-ring (bicyclic) bond motifs is 1. The summed E-state index contributed by atoms with van der Waals surface area (Å²) in [5, 5.41) is 3.95. The molecule has 1 saturated carbocycles. The molecule has 0 radical (unpaired) electrons. The second-order valence-electron chi connectivity index (χ2n) is 8.86. The molecule has 0 saturated heterocycles. The molecule has 5 rings (SSSR count). The maximum atomic E-state index is 13.3. The van der Waals surface area contributed by atoms with Gasteiger partial charge in [0.1, 0.15) is 0 Å². The van der Waals surface area contributed by atoms with Gasteiger partial charge in [-0.3, -0.25) is 14.6 Å². The quantitative estimate of drug-likeness (QED) is 0.431. The van der Waals surface area contributed by atoms with Crippen molar-refractivity contribution in [3.05, 3.63) is 99.7 Å². The summed E-state index contributed by atoms with van der Waals surface area (Å²) in [6, 6.07) is 14.9. The van der Waals surface area contributed by atoms with Gasteiger partial charge < -0.3 is 14.6 Å². The van der Waals surface area contributed by atoms with E-state index < -0.39 is 5.97 Å². The lowest BCUT2D eigenvalue weighted by molar-refractivity contribution is 0.0602. The van der Waals surface area contributed by atoms with E-state index >= 15 is 0 Å². The minimum absolute atomic E-state index is 0.0937. The topological polar surface area (TPSA) is 90.3 Å².